The molecule has 114 valence electrons. The molecule has 2 N–H and O–H groups in total. The van der Waals surface area contributed by atoms with E-state index in [9.17, 15) is 9.59 Å². The quantitative estimate of drug-likeness (QED) is 0.838. The number of ether oxygens (including phenoxy) is 1. The van der Waals surface area contributed by atoms with Crippen LogP contribution in [-0.4, -0.2) is 30.5 Å². The summed E-state index contributed by atoms with van der Waals surface area (Å²) in [6.45, 7) is 0.302. The number of nitrogens with zero attached hydrogens (tertiary/aromatic N) is 1. The minimum absolute atomic E-state index is 0.0782. The van der Waals surface area contributed by atoms with E-state index in [4.69, 9.17) is 4.74 Å². The zero-order chi connectivity index (χ0) is 15.8. The number of aromatic nitrogens is 1. The van der Waals surface area contributed by atoms with Crippen molar-refractivity contribution < 1.29 is 14.3 Å². The van der Waals surface area contributed by atoms with Crippen molar-refractivity contribution in [2.75, 3.05) is 13.7 Å². The van der Waals surface area contributed by atoms with Gasteiger partial charge in [-0.3, -0.25) is 14.6 Å². The van der Waals surface area contributed by atoms with Crippen LogP contribution in [0.1, 0.15) is 15.9 Å². The highest BCUT2D eigenvalue weighted by Gasteiger charge is 2.08. The molecule has 1 heterocycles. The molecule has 2 rings (SSSR count). The predicted octanol–water partition coefficient (Wildman–Crippen LogP) is 1.14. The van der Waals surface area contributed by atoms with Gasteiger partial charge in [-0.2, -0.15) is 0 Å². The number of hydrogen-bond acceptors (Lipinski definition) is 4. The summed E-state index contributed by atoms with van der Waals surface area (Å²) in [5.41, 5.74) is 1.37. The maximum Gasteiger partial charge on any atom is 0.251 e. The molecule has 0 spiro atoms. The summed E-state index contributed by atoms with van der Waals surface area (Å²) in [4.78, 5) is 27.5. The van der Waals surface area contributed by atoms with E-state index in [-0.39, 0.29) is 18.4 Å². The Morgan fingerprint density at radius 3 is 2.55 bits per heavy atom. The van der Waals surface area contributed by atoms with E-state index in [1.54, 1.807) is 49.8 Å². The molecule has 6 nitrogen and oxygen atoms in total. The van der Waals surface area contributed by atoms with E-state index in [2.05, 4.69) is 15.6 Å². The molecule has 0 atom stereocenters. The molecule has 0 saturated carbocycles. The summed E-state index contributed by atoms with van der Waals surface area (Å²) in [6.07, 6.45) is 3.34. The Labute approximate surface area is 128 Å². The Morgan fingerprint density at radius 2 is 1.91 bits per heavy atom. The number of benzene rings is 1. The van der Waals surface area contributed by atoms with Crippen molar-refractivity contribution in [1.82, 2.24) is 15.6 Å². The standard InChI is InChI=1S/C16H17N3O3/c1-22-14-6-4-13(5-7-14)16(21)19-11-15(20)18-10-12-3-2-8-17-9-12/h2-9H,10-11H2,1H3,(H,18,20)(H,19,21). The predicted molar refractivity (Wildman–Crippen MR) is 81.4 cm³/mol. The van der Waals surface area contributed by atoms with Gasteiger partial charge in [0.2, 0.25) is 5.91 Å². The molecular weight excluding hydrogens is 282 g/mol. The molecule has 1 aromatic heterocycles. The fourth-order valence-corrected chi connectivity index (χ4v) is 1.77. The average Bonchev–Trinajstić information content (AvgIpc) is 2.58. The first-order chi connectivity index (χ1) is 10.7. The Balaban J connectivity index is 1.76. The summed E-state index contributed by atoms with van der Waals surface area (Å²) in [5.74, 6) is 0.107. The molecule has 22 heavy (non-hydrogen) atoms. The average molecular weight is 299 g/mol. The minimum Gasteiger partial charge on any atom is -0.497 e. The van der Waals surface area contributed by atoms with Crippen molar-refractivity contribution in [3.63, 3.8) is 0 Å². The lowest BCUT2D eigenvalue weighted by Gasteiger charge is -2.07. The highest BCUT2D eigenvalue weighted by molar-refractivity contribution is 5.96. The molecule has 0 aliphatic rings. The van der Waals surface area contributed by atoms with Gasteiger partial charge in [0.05, 0.1) is 13.7 Å². The minimum atomic E-state index is -0.306. The number of rotatable bonds is 6. The van der Waals surface area contributed by atoms with E-state index in [1.807, 2.05) is 6.07 Å². The molecule has 0 fully saturated rings. The molecule has 0 bridgehead atoms. The zero-order valence-corrected chi connectivity index (χ0v) is 12.2. The smallest absolute Gasteiger partial charge is 0.251 e. The van der Waals surface area contributed by atoms with Crippen LogP contribution < -0.4 is 15.4 Å². The molecule has 2 amide bonds. The van der Waals surface area contributed by atoms with Crippen molar-refractivity contribution in [3.8, 4) is 5.75 Å². The first-order valence-electron chi connectivity index (χ1n) is 6.77. The van der Waals surface area contributed by atoms with Crippen LogP contribution in [0.5, 0.6) is 5.75 Å². The Morgan fingerprint density at radius 1 is 1.14 bits per heavy atom. The summed E-state index contributed by atoms with van der Waals surface area (Å²) >= 11 is 0. The topological polar surface area (TPSA) is 80.3 Å². The third-order valence-electron chi connectivity index (χ3n) is 2.97. The second-order valence-corrected chi connectivity index (χ2v) is 4.55. The zero-order valence-electron chi connectivity index (χ0n) is 12.2. The van der Waals surface area contributed by atoms with E-state index in [1.165, 1.54) is 0 Å². The first-order valence-corrected chi connectivity index (χ1v) is 6.77. The van der Waals surface area contributed by atoms with E-state index in [0.29, 0.717) is 17.9 Å². The van der Waals surface area contributed by atoms with Crippen molar-refractivity contribution in [2.24, 2.45) is 0 Å². The van der Waals surface area contributed by atoms with Crippen molar-refractivity contribution in [1.29, 1.82) is 0 Å². The largest absolute Gasteiger partial charge is 0.497 e. The summed E-state index contributed by atoms with van der Waals surface area (Å²) in [6, 6.07) is 10.3. The van der Waals surface area contributed by atoms with Gasteiger partial charge in [-0.15, -0.1) is 0 Å². The van der Waals surface area contributed by atoms with Crippen LogP contribution in [0, 0.1) is 0 Å². The number of amides is 2. The highest BCUT2D eigenvalue weighted by Crippen LogP contribution is 2.10. The summed E-state index contributed by atoms with van der Waals surface area (Å²) in [5, 5.41) is 5.28. The second kappa shape index (κ2) is 7.78. The van der Waals surface area contributed by atoms with Crippen molar-refractivity contribution in [2.45, 2.75) is 6.54 Å². The molecule has 1 aromatic carbocycles. The molecular formula is C16H17N3O3. The number of hydrogen-bond donors (Lipinski definition) is 2. The lowest BCUT2D eigenvalue weighted by Crippen LogP contribution is -2.36. The SMILES string of the molecule is COc1ccc(C(=O)NCC(=O)NCc2cccnc2)cc1. The van der Waals surface area contributed by atoms with Gasteiger partial charge in [0.1, 0.15) is 5.75 Å². The monoisotopic (exact) mass is 299 g/mol. The van der Waals surface area contributed by atoms with Gasteiger partial charge in [-0.25, -0.2) is 0 Å². The summed E-state index contributed by atoms with van der Waals surface area (Å²) in [7, 11) is 1.56. The van der Waals surface area contributed by atoms with Gasteiger partial charge in [0, 0.05) is 24.5 Å². The Kier molecular flexibility index (Phi) is 5.48. The number of nitrogens with one attached hydrogen (secondary N) is 2. The van der Waals surface area contributed by atoms with Crippen molar-refractivity contribution in [3.05, 3.63) is 59.9 Å². The fourth-order valence-electron chi connectivity index (χ4n) is 1.77. The van der Waals surface area contributed by atoms with Crippen LogP contribution in [0.3, 0.4) is 0 Å². The normalized spacial score (nSPS) is 9.86. The fraction of sp³-hybridized carbons (Fsp3) is 0.188. The maximum atomic E-state index is 11.9. The van der Waals surface area contributed by atoms with Gasteiger partial charge in [0.25, 0.3) is 5.91 Å². The molecule has 0 radical (unpaired) electrons. The van der Waals surface area contributed by atoms with Gasteiger partial charge in [-0.05, 0) is 35.9 Å². The van der Waals surface area contributed by atoms with Crippen LogP contribution in [-0.2, 0) is 11.3 Å². The number of pyridine rings is 1. The second-order valence-electron chi connectivity index (χ2n) is 4.55. The van der Waals surface area contributed by atoms with Crippen LogP contribution in [0.2, 0.25) is 0 Å². The molecule has 0 unspecified atom stereocenters. The maximum absolute atomic E-state index is 11.9. The van der Waals surface area contributed by atoms with Crippen LogP contribution in [0.15, 0.2) is 48.8 Å². The summed E-state index contributed by atoms with van der Waals surface area (Å²) < 4.78 is 5.02. The van der Waals surface area contributed by atoms with Crippen LogP contribution in [0.4, 0.5) is 0 Å². The Hall–Kier alpha value is -2.89. The molecule has 0 aliphatic heterocycles. The number of carbonyl (C=O) groups excluding carboxylic acids is 2. The van der Waals surface area contributed by atoms with Crippen molar-refractivity contribution >= 4 is 11.8 Å². The third kappa shape index (κ3) is 4.59. The Bertz CT molecular complexity index is 627. The van der Waals surface area contributed by atoms with Gasteiger partial charge in [0.15, 0.2) is 0 Å². The van der Waals surface area contributed by atoms with Crippen LogP contribution in [0.25, 0.3) is 0 Å². The van der Waals surface area contributed by atoms with E-state index in [0.717, 1.165) is 5.56 Å². The number of carbonyl (C=O) groups is 2. The van der Waals surface area contributed by atoms with Crippen LogP contribution >= 0.6 is 0 Å². The van der Waals surface area contributed by atoms with Gasteiger partial charge < -0.3 is 15.4 Å². The van der Waals surface area contributed by atoms with E-state index >= 15 is 0 Å². The molecule has 6 heteroatoms. The lowest BCUT2D eigenvalue weighted by atomic mass is 10.2. The molecule has 0 saturated heterocycles. The van der Waals surface area contributed by atoms with Gasteiger partial charge >= 0.3 is 0 Å². The third-order valence-corrected chi connectivity index (χ3v) is 2.97. The first kappa shape index (κ1) is 15.5. The highest BCUT2D eigenvalue weighted by atomic mass is 16.5. The molecule has 2 aromatic rings. The van der Waals surface area contributed by atoms with Gasteiger partial charge in [-0.1, -0.05) is 6.07 Å². The lowest BCUT2D eigenvalue weighted by molar-refractivity contribution is -0.120. The molecule has 0 aliphatic carbocycles. The number of methoxy groups -OCH3 is 1. The van der Waals surface area contributed by atoms with E-state index < -0.39 is 0 Å².